The lowest BCUT2D eigenvalue weighted by Crippen LogP contribution is -2.37. The van der Waals surface area contributed by atoms with E-state index in [2.05, 4.69) is 0 Å². The number of likely N-dealkylation sites (N-methyl/N-ethyl adjacent to an activating group) is 1. The van der Waals surface area contributed by atoms with Crippen LogP contribution in [0.2, 0.25) is 0 Å². The molecule has 2 aromatic carbocycles. The molecule has 0 radical (unpaired) electrons. The minimum absolute atomic E-state index is 0.525. The van der Waals surface area contributed by atoms with Crippen molar-refractivity contribution in [3.63, 3.8) is 0 Å². The molecule has 2 rings (SSSR count). The van der Waals surface area contributed by atoms with Gasteiger partial charge in [-0.2, -0.15) is 0 Å². The molecule has 0 aromatic heterocycles. The zero-order valence-electron chi connectivity index (χ0n) is 14.5. The van der Waals surface area contributed by atoms with Crippen LogP contribution in [0.3, 0.4) is 0 Å². The minimum Gasteiger partial charge on any atom is -0.444 e. The summed E-state index contributed by atoms with van der Waals surface area (Å²) in [4.78, 5) is 25.4. The van der Waals surface area contributed by atoms with Gasteiger partial charge in [0.1, 0.15) is 17.9 Å². The van der Waals surface area contributed by atoms with Crippen molar-refractivity contribution < 1.29 is 14.3 Å². The Morgan fingerprint density at radius 3 is 2.21 bits per heavy atom. The van der Waals surface area contributed by atoms with Gasteiger partial charge in [0.05, 0.1) is 0 Å². The van der Waals surface area contributed by atoms with Gasteiger partial charge in [-0.05, 0) is 37.5 Å². The van der Waals surface area contributed by atoms with Crippen molar-refractivity contribution in [1.82, 2.24) is 4.90 Å². The fourth-order valence-electron chi connectivity index (χ4n) is 2.46. The molecule has 0 N–H and O–H groups in total. The second-order valence-electron chi connectivity index (χ2n) is 6.63. The SMILES string of the molecule is CN(C(=O)OC(C)(C)C)C(C=O)c1ccccc1-c1ccccc1. The van der Waals surface area contributed by atoms with Gasteiger partial charge in [-0.1, -0.05) is 54.6 Å². The van der Waals surface area contributed by atoms with Crippen molar-refractivity contribution in [1.29, 1.82) is 0 Å². The largest absolute Gasteiger partial charge is 0.444 e. The van der Waals surface area contributed by atoms with Gasteiger partial charge in [-0.3, -0.25) is 4.90 Å². The molecule has 0 fully saturated rings. The van der Waals surface area contributed by atoms with Gasteiger partial charge < -0.3 is 9.53 Å². The van der Waals surface area contributed by atoms with Crippen LogP contribution in [-0.2, 0) is 9.53 Å². The van der Waals surface area contributed by atoms with E-state index in [0.717, 1.165) is 23.0 Å². The van der Waals surface area contributed by atoms with E-state index in [9.17, 15) is 9.59 Å². The summed E-state index contributed by atoms with van der Waals surface area (Å²) in [6.45, 7) is 5.39. The molecule has 0 spiro atoms. The van der Waals surface area contributed by atoms with Gasteiger partial charge in [0.15, 0.2) is 0 Å². The van der Waals surface area contributed by atoms with Crippen LogP contribution in [-0.4, -0.2) is 29.9 Å². The maximum atomic E-state index is 12.3. The van der Waals surface area contributed by atoms with Crippen molar-refractivity contribution in [3.05, 3.63) is 60.2 Å². The fraction of sp³-hybridized carbons (Fsp3) is 0.300. The number of amides is 1. The standard InChI is InChI=1S/C20H23NO3/c1-20(2,3)24-19(23)21(4)18(14-22)17-13-9-8-12-16(17)15-10-6-5-7-11-15/h5-14,18H,1-4H3. The Kier molecular flexibility index (Phi) is 5.39. The van der Waals surface area contributed by atoms with Gasteiger partial charge in [-0.25, -0.2) is 4.79 Å². The molecule has 1 amide bonds. The Morgan fingerprint density at radius 1 is 1.04 bits per heavy atom. The first-order valence-electron chi connectivity index (χ1n) is 7.89. The second-order valence-corrected chi connectivity index (χ2v) is 6.63. The minimum atomic E-state index is -0.712. The third-order valence-electron chi connectivity index (χ3n) is 3.59. The number of benzene rings is 2. The van der Waals surface area contributed by atoms with E-state index in [0.29, 0.717) is 0 Å². The molecule has 126 valence electrons. The highest BCUT2D eigenvalue weighted by Crippen LogP contribution is 2.30. The molecular formula is C20H23NO3. The van der Waals surface area contributed by atoms with Gasteiger partial charge in [0, 0.05) is 7.05 Å². The Morgan fingerprint density at radius 2 is 1.62 bits per heavy atom. The van der Waals surface area contributed by atoms with Gasteiger partial charge in [0.2, 0.25) is 0 Å². The zero-order chi connectivity index (χ0) is 17.7. The molecule has 4 nitrogen and oxygen atoms in total. The van der Waals surface area contributed by atoms with Crippen molar-refractivity contribution >= 4 is 12.4 Å². The predicted octanol–water partition coefficient (Wildman–Crippen LogP) is 4.46. The average molecular weight is 325 g/mol. The van der Waals surface area contributed by atoms with Gasteiger partial charge in [-0.15, -0.1) is 0 Å². The summed E-state index contributed by atoms with van der Waals surface area (Å²) in [5.74, 6) is 0. The first kappa shape index (κ1) is 17.7. The summed E-state index contributed by atoms with van der Waals surface area (Å²) in [6.07, 6.45) is 0.244. The fourth-order valence-corrected chi connectivity index (χ4v) is 2.46. The van der Waals surface area contributed by atoms with Gasteiger partial charge in [0.25, 0.3) is 0 Å². The molecule has 0 aliphatic heterocycles. The molecule has 4 heteroatoms. The molecule has 1 unspecified atom stereocenters. The quantitative estimate of drug-likeness (QED) is 0.780. The van der Waals surface area contributed by atoms with Crippen molar-refractivity contribution in [2.75, 3.05) is 7.05 Å². The Labute approximate surface area is 143 Å². The summed E-state index contributed by atoms with van der Waals surface area (Å²) < 4.78 is 5.38. The van der Waals surface area contributed by atoms with Crippen LogP contribution in [0.1, 0.15) is 32.4 Å². The van der Waals surface area contributed by atoms with Crippen LogP contribution in [0.25, 0.3) is 11.1 Å². The molecule has 2 aromatic rings. The van der Waals surface area contributed by atoms with Crippen LogP contribution in [0, 0.1) is 0 Å². The predicted molar refractivity (Wildman–Crippen MR) is 94.7 cm³/mol. The van der Waals surface area contributed by atoms with Crippen molar-refractivity contribution in [2.24, 2.45) is 0 Å². The highest BCUT2D eigenvalue weighted by Gasteiger charge is 2.27. The normalized spacial score (nSPS) is 12.3. The number of nitrogens with zero attached hydrogens (tertiary/aromatic N) is 1. The van der Waals surface area contributed by atoms with E-state index >= 15 is 0 Å². The highest BCUT2D eigenvalue weighted by atomic mass is 16.6. The zero-order valence-corrected chi connectivity index (χ0v) is 14.5. The lowest BCUT2D eigenvalue weighted by molar-refractivity contribution is -0.112. The lowest BCUT2D eigenvalue weighted by atomic mass is 9.95. The van der Waals surface area contributed by atoms with E-state index in [1.807, 2.05) is 54.6 Å². The van der Waals surface area contributed by atoms with Crippen LogP contribution < -0.4 is 0 Å². The highest BCUT2D eigenvalue weighted by molar-refractivity contribution is 5.79. The summed E-state index contributed by atoms with van der Waals surface area (Å²) in [6, 6.07) is 16.7. The summed E-state index contributed by atoms with van der Waals surface area (Å²) in [5.41, 5.74) is 2.08. The van der Waals surface area contributed by atoms with E-state index < -0.39 is 17.7 Å². The first-order valence-corrected chi connectivity index (χ1v) is 7.89. The van der Waals surface area contributed by atoms with E-state index in [4.69, 9.17) is 4.74 Å². The van der Waals surface area contributed by atoms with Crippen LogP contribution in [0.4, 0.5) is 4.79 Å². The monoisotopic (exact) mass is 325 g/mol. The molecule has 0 saturated carbocycles. The molecule has 0 bridgehead atoms. The average Bonchev–Trinajstić information content (AvgIpc) is 2.55. The third-order valence-corrected chi connectivity index (χ3v) is 3.59. The van der Waals surface area contributed by atoms with Crippen LogP contribution >= 0.6 is 0 Å². The number of aldehydes is 1. The lowest BCUT2D eigenvalue weighted by Gasteiger charge is -2.29. The van der Waals surface area contributed by atoms with Crippen LogP contribution in [0.15, 0.2) is 54.6 Å². The Bertz CT molecular complexity index is 704. The Balaban J connectivity index is 2.38. The number of ether oxygens (including phenoxy) is 1. The second kappa shape index (κ2) is 7.30. The van der Waals surface area contributed by atoms with E-state index in [1.165, 1.54) is 4.90 Å². The molecule has 0 heterocycles. The van der Waals surface area contributed by atoms with Crippen molar-refractivity contribution in [3.8, 4) is 11.1 Å². The van der Waals surface area contributed by atoms with Crippen LogP contribution in [0.5, 0.6) is 0 Å². The molecule has 0 aliphatic carbocycles. The molecular weight excluding hydrogens is 302 g/mol. The third kappa shape index (κ3) is 4.22. The topological polar surface area (TPSA) is 46.6 Å². The van der Waals surface area contributed by atoms with E-state index in [1.54, 1.807) is 27.8 Å². The number of rotatable bonds is 4. The maximum absolute atomic E-state index is 12.3. The van der Waals surface area contributed by atoms with E-state index in [-0.39, 0.29) is 0 Å². The maximum Gasteiger partial charge on any atom is 0.410 e. The number of hydrogen-bond acceptors (Lipinski definition) is 3. The summed E-state index contributed by atoms with van der Waals surface area (Å²) in [5, 5.41) is 0. The number of carbonyl (C=O) groups is 2. The molecule has 24 heavy (non-hydrogen) atoms. The molecule has 1 atom stereocenters. The van der Waals surface area contributed by atoms with Gasteiger partial charge >= 0.3 is 6.09 Å². The number of hydrogen-bond donors (Lipinski definition) is 0. The van der Waals surface area contributed by atoms with Crippen molar-refractivity contribution in [2.45, 2.75) is 32.4 Å². The Hall–Kier alpha value is -2.62. The summed E-state index contributed by atoms with van der Waals surface area (Å²) >= 11 is 0. The molecule has 0 aliphatic rings. The summed E-state index contributed by atoms with van der Waals surface area (Å²) in [7, 11) is 1.58. The molecule has 0 saturated heterocycles. The number of carbonyl (C=O) groups excluding carboxylic acids is 2. The smallest absolute Gasteiger partial charge is 0.410 e. The first-order chi connectivity index (χ1) is 11.3.